The fourth-order valence-corrected chi connectivity index (χ4v) is 10.6. The van der Waals surface area contributed by atoms with Gasteiger partial charge in [-0.2, -0.15) is 0 Å². The molecule has 0 amide bonds. The maximum atomic E-state index is 11.0. The van der Waals surface area contributed by atoms with E-state index in [1.54, 1.807) is 5.57 Å². The SMILES string of the molecule is CC1(C)C[C@H]2C3=CC[C@@H]4[C@@]5(C)CC[C@H](O)C(C)(C)[C@@H]5CC[C@@]4(C)[C@]3(C)CC[C@@]2(CO)C[C@@H]1O. The maximum Gasteiger partial charge on any atom is 0.0597 e. The molecule has 0 radical (unpaired) electrons. The smallest absolute Gasteiger partial charge is 0.0597 e. The average molecular weight is 459 g/mol. The van der Waals surface area contributed by atoms with E-state index in [2.05, 4.69) is 54.5 Å². The van der Waals surface area contributed by atoms with Crippen molar-refractivity contribution in [1.82, 2.24) is 0 Å². The number of aliphatic hydroxyl groups excluding tert-OH is 3. The molecule has 3 N–H and O–H groups in total. The van der Waals surface area contributed by atoms with E-state index in [0.717, 1.165) is 44.9 Å². The summed E-state index contributed by atoms with van der Waals surface area (Å²) in [5, 5.41) is 32.5. The summed E-state index contributed by atoms with van der Waals surface area (Å²) >= 11 is 0. The van der Waals surface area contributed by atoms with Crippen LogP contribution in [0.15, 0.2) is 11.6 Å². The van der Waals surface area contributed by atoms with Crippen LogP contribution in [0.3, 0.4) is 0 Å². The summed E-state index contributed by atoms with van der Waals surface area (Å²) in [6.45, 7) is 17.0. The van der Waals surface area contributed by atoms with Crippen molar-refractivity contribution >= 4 is 0 Å². The van der Waals surface area contributed by atoms with Crippen LogP contribution >= 0.6 is 0 Å². The van der Waals surface area contributed by atoms with E-state index in [4.69, 9.17) is 0 Å². The summed E-state index contributed by atoms with van der Waals surface area (Å²) in [6.07, 6.45) is 11.7. The number of hydrogen-bond donors (Lipinski definition) is 3. The molecule has 0 aliphatic heterocycles. The van der Waals surface area contributed by atoms with E-state index in [1.807, 2.05) is 0 Å². The highest BCUT2D eigenvalue weighted by atomic mass is 16.3. The lowest BCUT2D eigenvalue weighted by Gasteiger charge is -2.71. The van der Waals surface area contributed by atoms with Crippen molar-refractivity contribution < 1.29 is 15.3 Å². The third-order valence-electron chi connectivity index (χ3n) is 13.3. The maximum absolute atomic E-state index is 11.0. The molecule has 5 rings (SSSR count). The first-order chi connectivity index (χ1) is 15.2. The molecule has 0 aromatic carbocycles. The molecule has 0 unspecified atom stereocenters. The van der Waals surface area contributed by atoms with Crippen LogP contribution in [-0.4, -0.2) is 34.1 Å². The number of rotatable bonds is 1. The van der Waals surface area contributed by atoms with Gasteiger partial charge in [-0.3, -0.25) is 0 Å². The lowest BCUT2D eigenvalue weighted by molar-refractivity contribution is -0.207. The number of fused-ring (bicyclic) bond motifs is 7. The van der Waals surface area contributed by atoms with Gasteiger partial charge in [-0.1, -0.05) is 60.1 Å². The third kappa shape index (κ3) is 2.91. The van der Waals surface area contributed by atoms with Crippen molar-refractivity contribution in [2.75, 3.05) is 6.61 Å². The highest BCUT2D eigenvalue weighted by molar-refractivity contribution is 5.34. The van der Waals surface area contributed by atoms with Gasteiger partial charge in [0, 0.05) is 12.0 Å². The highest BCUT2D eigenvalue weighted by Gasteiger charge is 2.68. The molecule has 0 aromatic heterocycles. The van der Waals surface area contributed by atoms with Gasteiger partial charge in [-0.05, 0) is 103 Å². The summed E-state index contributed by atoms with van der Waals surface area (Å²) < 4.78 is 0. The summed E-state index contributed by atoms with van der Waals surface area (Å²) in [7, 11) is 0. The van der Waals surface area contributed by atoms with Gasteiger partial charge < -0.3 is 15.3 Å². The molecule has 9 atom stereocenters. The lowest BCUT2D eigenvalue weighted by atomic mass is 9.33. The first-order valence-electron chi connectivity index (χ1n) is 13.9. The predicted octanol–water partition coefficient (Wildman–Crippen LogP) is 6.11. The van der Waals surface area contributed by atoms with Gasteiger partial charge in [0.05, 0.1) is 12.2 Å². The second-order valence-corrected chi connectivity index (χ2v) is 15.2. The Morgan fingerprint density at radius 2 is 1.52 bits per heavy atom. The van der Waals surface area contributed by atoms with Crippen molar-refractivity contribution in [3.05, 3.63) is 11.6 Å². The minimum absolute atomic E-state index is 0.0125. The van der Waals surface area contributed by atoms with E-state index in [0.29, 0.717) is 17.8 Å². The molecule has 0 bridgehead atoms. The second kappa shape index (κ2) is 7.10. The Kier molecular flexibility index (Phi) is 5.23. The van der Waals surface area contributed by atoms with Crippen LogP contribution in [0.2, 0.25) is 0 Å². The molecule has 188 valence electrons. The molecule has 5 aliphatic carbocycles. The van der Waals surface area contributed by atoms with Gasteiger partial charge in [0.25, 0.3) is 0 Å². The average Bonchev–Trinajstić information content (AvgIpc) is 2.73. The molecule has 4 saturated carbocycles. The predicted molar refractivity (Wildman–Crippen MR) is 134 cm³/mol. The van der Waals surface area contributed by atoms with E-state index < -0.39 is 0 Å². The summed E-state index contributed by atoms with van der Waals surface area (Å²) in [6, 6.07) is 0. The van der Waals surface area contributed by atoms with Crippen molar-refractivity contribution in [3.8, 4) is 0 Å². The molecule has 33 heavy (non-hydrogen) atoms. The van der Waals surface area contributed by atoms with Crippen molar-refractivity contribution in [2.45, 2.75) is 118 Å². The molecule has 0 heterocycles. The third-order valence-corrected chi connectivity index (χ3v) is 13.3. The van der Waals surface area contributed by atoms with Gasteiger partial charge in [0.1, 0.15) is 0 Å². The minimum atomic E-state index is -0.331. The first-order valence-corrected chi connectivity index (χ1v) is 13.9. The number of aliphatic hydroxyl groups is 3. The van der Waals surface area contributed by atoms with Gasteiger partial charge in [0.15, 0.2) is 0 Å². The summed E-state index contributed by atoms with van der Waals surface area (Å²) in [4.78, 5) is 0. The van der Waals surface area contributed by atoms with Crippen LogP contribution in [0.1, 0.15) is 106 Å². The lowest BCUT2D eigenvalue weighted by Crippen LogP contribution is -2.65. The number of hydrogen-bond acceptors (Lipinski definition) is 3. The molecule has 0 spiro atoms. The number of allylic oxidation sites excluding steroid dienone is 2. The van der Waals surface area contributed by atoms with Crippen LogP contribution in [0.5, 0.6) is 0 Å². The van der Waals surface area contributed by atoms with Crippen molar-refractivity contribution in [3.63, 3.8) is 0 Å². The van der Waals surface area contributed by atoms with Crippen LogP contribution in [-0.2, 0) is 0 Å². The topological polar surface area (TPSA) is 60.7 Å². The van der Waals surface area contributed by atoms with Crippen LogP contribution in [0, 0.1) is 50.2 Å². The van der Waals surface area contributed by atoms with Crippen LogP contribution in [0.4, 0.5) is 0 Å². The Bertz CT molecular complexity index is 843. The van der Waals surface area contributed by atoms with Crippen molar-refractivity contribution in [2.24, 2.45) is 50.2 Å². The fourth-order valence-electron chi connectivity index (χ4n) is 10.6. The molecule has 5 aliphatic rings. The molecule has 0 saturated heterocycles. The van der Waals surface area contributed by atoms with Gasteiger partial charge >= 0.3 is 0 Å². The Balaban J connectivity index is 1.58. The minimum Gasteiger partial charge on any atom is -0.396 e. The standard InChI is InChI=1S/C30H50O3/c1-25(2)16-20-19-8-9-22-27(5)12-11-23(32)26(3,4)21(27)10-13-29(22,7)28(19,6)14-15-30(20,18-31)17-24(25)33/h8,20-24,31-33H,9-18H2,1-7H3/t20-,21-,22+,23-,24-,27-,28+,29+,30-/m0/s1. The van der Waals surface area contributed by atoms with E-state index in [9.17, 15) is 15.3 Å². The molecule has 3 heteroatoms. The zero-order valence-electron chi connectivity index (χ0n) is 22.4. The molecular formula is C30H50O3. The first kappa shape index (κ1) is 24.3. The largest absolute Gasteiger partial charge is 0.396 e. The molecule has 0 aromatic rings. The van der Waals surface area contributed by atoms with Crippen molar-refractivity contribution in [1.29, 1.82) is 0 Å². The second-order valence-electron chi connectivity index (χ2n) is 15.2. The Morgan fingerprint density at radius 1 is 0.818 bits per heavy atom. The van der Waals surface area contributed by atoms with E-state index in [-0.39, 0.29) is 51.3 Å². The van der Waals surface area contributed by atoms with Gasteiger partial charge in [0.2, 0.25) is 0 Å². The molecule has 4 fully saturated rings. The van der Waals surface area contributed by atoms with E-state index >= 15 is 0 Å². The normalized spacial score (nSPS) is 54.8. The molecule has 3 nitrogen and oxygen atoms in total. The van der Waals surface area contributed by atoms with Crippen LogP contribution < -0.4 is 0 Å². The van der Waals surface area contributed by atoms with Crippen LogP contribution in [0.25, 0.3) is 0 Å². The Morgan fingerprint density at radius 3 is 2.18 bits per heavy atom. The summed E-state index contributed by atoms with van der Waals surface area (Å²) in [5.74, 6) is 1.61. The Hall–Kier alpha value is -0.380. The monoisotopic (exact) mass is 458 g/mol. The quantitative estimate of drug-likeness (QED) is 0.415. The summed E-state index contributed by atoms with van der Waals surface area (Å²) in [5.41, 5.74) is 2.04. The highest BCUT2D eigenvalue weighted by Crippen LogP contribution is 2.75. The van der Waals surface area contributed by atoms with Gasteiger partial charge in [-0.15, -0.1) is 0 Å². The van der Waals surface area contributed by atoms with E-state index in [1.165, 1.54) is 12.8 Å². The molecular weight excluding hydrogens is 408 g/mol. The van der Waals surface area contributed by atoms with Gasteiger partial charge in [-0.25, -0.2) is 0 Å². The Labute approximate surface area is 202 Å². The fraction of sp³-hybridized carbons (Fsp3) is 0.933. The zero-order chi connectivity index (χ0) is 24.2. The zero-order valence-corrected chi connectivity index (χ0v) is 22.4.